The molecule has 0 N–H and O–H groups in total. The van der Waals surface area contributed by atoms with Crippen molar-refractivity contribution in [2.45, 2.75) is 40.5 Å². The van der Waals surface area contributed by atoms with E-state index in [1.807, 2.05) is 13.8 Å². The number of hydrogen-bond donors (Lipinski definition) is 0. The van der Waals surface area contributed by atoms with E-state index in [0.717, 1.165) is 30.4 Å². The summed E-state index contributed by atoms with van der Waals surface area (Å²) >= 11 is 0. The second kappa shape index (κ2) is 5.04. The number of piperidine rings is 1. The first-order chi connectivity index (χ1) is 8.49. The van der Waals surface area contributed by atoms with Crippen molar-refractivity contribution in [1.29, 1.82) is 0 Å². The Labute approximate surface area is 108 Å². The van der Waals surface area contributed by atoms with Crippen molar-refractivity contribution in [3.8, 4) is 0 Å². The average Bonchev–Trinajstić information content (AvgIpc) is 2.27. The van der Waals surface area contributed by atoms with Gasteiger partial charge in [-0.1, -0.05) is 6.92 Å². The smallest absolute Gasteiger partial charge is 0.225 e. The van der Waals surface area contributed by atoms with Crippen LogP contribution in [0.3, 0.4) is 0 Å². The summed E-state index contributed by atoms with van der Waals surface area (Å²) in [7, 11) is 0. The SMILES string of the molecule is CC(=O)c1c(C)nc(N2CCC[C@@H](C)C2)nc1C. The largest absolute Gasteiger partial charge is 0.341 e. The number of hydrogen-bond acceptors (Lipinski definition) is 4. The van der Waals surface area contributed by atoms with Crippen LogP contribution in [0.5, 0.6) is 0 Å². The lowest BCUT2D eigenvalue weighted by atomic mass is 10.0. The number of aromatic nitrogens is 2. The average molecular weight is 247 g/mol. The highest BCUT2D eigenvalue weighted by Gasteiger charge is 2.20. The molecule has 4 heteroatoms. The lowest BCUT2D eigenvalue weighted by molar-refractivity contribution is 0.101. The van der Waals surface area contributed by atoms with Crippen LogP contribution in [0.2, 0.25) is 0 Å². The molecule has 98 valence electrons. The molecular formula is C14H21N3O. The molecule has 0 aromatic carbocycles. The van der Waals surface area contributed by atoms with E-state index in [2.05, 4.69) is 21.8 Å². The molecule has 1 atom stereocenters. The van der Waals surface area contributed by atoms with Gasteiger partial charge in [0.25, 0.3) is 0 Å². The Kier molecular flexibility index (Phi) is 3.64. The Morgan fingerprint density at radius 2 is 1.89 bits per heavy atom. The zero-order valence-electron chi connectivity index (χ0n) is 11.7. The van der Waals surface area contributed by atoms with Crippen LogP contribution >= 0.6 is 0 Å². The molecule has 0 unspecified atom stereocenters. The van der Waals surface area contributed by atoms with Gasteiger partial charge in [-0.2, -0.15) is 0 Å². The summed E-state index contributed by atoms with van der Waals surface area (Å²) in [6.45, 7) is 9.64. The van der Waals surface area contributed by atoms with Crippen LogP contribution in [0.25, 0.3) is 0 Å². The van der Waals surface area contributed by atoms with Crippen LogP contribution in [-0.4, -0.2) is 28.8 Å². The highest BCUT2D eigenvalue weighted by molar-refractivity contribution is 5.96. The van der Waals surface area contributed by atoms with Crippen LogP contribution in [-0.2, 0) is 0 Å². The molecule has 0 saturated carbocycles. The summed E-state index contributed by atoms with van der Waals surface area (Å²) in [6.07, 6.45) is 2.47. The number of carbonyl (C=O) groups is 1. The molecule has 0 radical (unpaired) electrons. The van der Waals surface area contributed by atoms with E-state index in [1.54, 1.807) is 6.92 Å². The zero-order chi connectivity index (χ0) is 13.3. The molecule has 0 amide bonds. The normalized spacial score (nSPS) is 20.0. The molecule has 2 heterocycles. The predicted molar refractivity (Wildman–Crippen MR) is 72.1 cm³/mol. The summed E-state index contributed by atoms with van der Waals surface area (Å²) in [5.74, 6) is 1.51. The molecule has 1 aromatic rings. The maximum Gasteiger partial charge on any atom is 0.225 e. The van der Waals surface area contributed by atoms with Crippen molar-refractivity contribution in [3.63, 3.8) is 0 Å². The van der Waals surface area contributed by atoms with Gasteiger partial charge in [0.1, 0.15) is 0 Å². The Bertz CT molecular complexity index is 447. The lowest BCUT2D eigenvalue weighted by Gasteiger charge is -2.31. The molecule has 1 aromatic heterocycles. The summed E-state index contributed by atoms with van der Waals surface area (Å²) < 4.78 is 0. The third-order valence-electron chi connectivity index (χ3n) is 3.55. The minimum Gasteiger partial charge on any atom is -0.341 e. The second-order valence-electron chi connectivity index (χ2n) is 5.32. The van der Waals surface area contributed by atoms with Crippen molar-refractivity contribution in [2.75, 3.05) is 18.0 Å². The number of anilines is 1. The maximum absolute atomic E-state index is 11.5. The molecule has 4 nitrogen and oxygen atoms in total. The fourth-order valence-electron chi connectivity index (χ4n) is 2.72. The number of ketones is 1. The van der Waals surface area contributed by atoms with Gasteiger partial charge in [-0.05, 0) is 39.5 Å². The molecule has 1 aliphatic heterocycles. The number of aryl methyl sites for hydroxylation is 2. The quantitative estimate of drug-likeness (QED) is 0.753. The monoisotopic (exact) mass is 247 g/mol. The van der Waals surface area contributed by atoms with E-state index in [-0.39, 0.29) is 5.78 Å². The molecule has 0 bridgehead atoms. The molecule has 0 spiro atoms. The molecule has 1 fully saturated rings. The van der Waals surface area contributed by atoms with Gasteiger partial charge < -0.3 is 4.90 Å². The van der Waals surface area contributed by atoms with Crippen molar-refractivity contribution in [1.82, 2.24) is 9.97 Å². The number of nitrogens with zero attached hydrogens (tertiary/aromatic N) is 3. The van der Waals surface area contributed by atoms with Gasteiger partial charge in [-0.3, -0.25) is 4.79 Å². The number of carbonyl (C=O) groups excluding carboxylic acids is 1. The highest BCUT2D eigenvalue weighted by Crippen LogP contribution is 2.22. The molecule has 0 aliphatic carbocycles. The van der Waals surface area contributed by atoms with E-state index in [4.69, 9.17) is 0 Å². The van der Waals surface area contributed by atoms with Crippen molar-refractivity contribution >= 4 is 11.7 Å². The Hall–Kier alpha value is -1.45. The van der Waals surface area contributed by atoms with Crippen LogP contribution in [0, 0.1) is 19.8 Å². The third-order valence-corrected chi connectivity index (χ3v) is 3.55. The van der Waals surface area contributed by atoms with E-state index in [1.165, 1.54) is 12.8 Å². The third kappa shape index (κ3) is 2.52. The van der Waals surface area contributed by atoms with Gasteiger partial charge in [0.15, 0.2) is 5.78 Å². The van der Waals surface area contributed by atoms with Gasteiger partial charge in [0.2, 0.25) is 5.95 Å². The zero-order valence-corrected chi connectivity index (χ0v) is 11.7. The van der Waals surface area contributed by atoms with Gasteiger partial charge in [0.05, 0.1) is 17.0 Å². The first-order valence-corrected chi connectivity index (χ1v) is 6.60. The van der Waals surface area contributed by atoms with Gasteiger partial charge in [-0.25, -0.2) is 9.97 Å². The molecule has 18 heavy (non-hydrogen) atoms. The van der Waals surface area contributed by atoms with Crippen molar-refractivity contribution in [3.05, 3.63) is 17.0 Å². The Morgan fingerprint density at radius 1 is 1.28 bits per heavy atom. The summed E-state index contributed by atoms with van der Waals surface area (Å²) in [4.78, 5) is 22.8. The first kappa shape index (κ1) is 13.0. The van der Waals surface area contributed by atoms with Crippen LogP contribution < -0.4 is 4.90 Å². The summed E-state index contributed by atoms with van der Waals surface area (Å²) in [6, 6.07) is 0. The Morgan fingerprint density at radius 3 is 2.39 bits per heavy atom. The van der Waals surface area contributed by atoms with E-state index in [0.29, 0.717) is 11.5 Å². The maximum atomic E-state index is 11.5. The molecule has 1 aliphatic rings. The molecule has 1 saturated heterocycles. The number of rotatable bonds is 2. The van der Waals surface area contributed by atoms with E-state index < -0.39 is 0 Å². The number of Topliss-reactive ketones (excluding diaryl/α,β-unsaturated/α-hetero) is 1. The van der Waals surface area contributed by atoms with Crippen LogP contribution in [0.15, 0.2) is 0 Å². The minimum absolute atomic E-state index is 0.0450. The topological polar surface area (TPSA) is 46.1 Å². The van der Waals surface area contributed by atoms with Gasteiger partial charge >= 0.3 is 0 Å². The van der Waals surface area contributed by atoms with E-state index >= 15 is 0 Å². The van der Waals surface area contributed by atoms with Crippen LogP contribution in [0.4, 0.5) is 5.95 Å². The predicted octanol–water partition coefficient (Wildman–Crippen LogP) is 2.53. The summed E-state index contributed by atoms with van der Waals surface area (Å²) in [5.41, 5.74) is 2.26. The van der Waals surface area contributed by atoms with Gasteiger partial charge in [-0.15, -0.1) is 0 Å². The fourth-order valence-corrected chi connectivity index (χ4v) is 2.72. The minimum atomic E-state index is 0.0450. The van der Waals surface area contributed by atoms with Crippen molar-refractivity contribution in [2.24, 2.45) is 5.92 Å². The van der Waals surface area contributed by atoms with Crippen molar-refractivity contribution < 1.29 is 4.79 Å². The van der Waals surface area contributed by atoms with E-state index in [9.17, 15) is 4.79 Å². The second-order valence-corrected chi connectivity index (χ2v) is 5.32. The highest BCUT2D eigenvalue weighted by atomic mass is 16.1. The molecule has 2 rings (SSSR count). The fraction of sp³-hybridized carbons (Fsp3) is 0.643. The standard InChI is InChI=1S/C14H21N3O/c1-9-6-5-7-17(8-9)14-15-10(2)13(12(4)18)11(3)16-14/h9H,5-8H2,1-4H3/t9-/m1/s1. The molecular weight excluding hydrogens is 226 g/mol. The summed E-state index contributed by atoms with van der Waals surface area (Å²) in [5, 5.41) is 0. The van der Waals surface area contributed by atoms with Gasteiger partial charge in [0, 0.05) is 13.1 Å². The lowest BCUT2D eigenvalue weighted by Crippen LogP contribution is -2.35. The van der Waals surface area contributed by atoms with Crippen LogP contribution in [0.1, 0.15) is 48.4 Å². The first-order valence-electron chi connectivity index (χ1n) is 6.60. The Balaban J connectivity index is 2.32.